The lowest BCUT2D eigenvalue weighted by atomic mass is 10.1. The van der Waals surface area contributed by atoms with Crippen LogP contribution in [0.4, 0.5) is 5.69 Å². The molecule has 2 amide bonds. The molecule has 1 unspecified atom stereocenters. The molecule has 0 aliphatic carbocycles. The summed E-state index contributed by atoms with van der Waals surface area (Å²) in [4.78, 5) is 24.3. The van der Waals surface area contributed by atoms with Gasteiger partial charge in [0.25, 0.3) is 5.91 Å². The number of nitrogens with one attached hydrogen (secondary N) is 1. The average molecular weight is 418 g/mol. The molecule has 0 bridgehead atoms. The number of hydrogen-bond donors (Lipinski definition) is 1. The number of benzene rings is 2. The van der Waals surface area contributed by atoms with Crippen molar-refractivity contribution in [1.29, 1.82) is 0 Å². The first-order valence-electron chi connectivity index (χ1n) is 9.04. The summed E-state index contributed by atoms with van der Waals surface area (Å²) in [5.41, 5.74) is 0.592. The number of nitrogens with zero attached hydrogens (tertiary/aromatic N) is 1. The normalized spacial score (nSPS) is 17.8. The highest BCUT2D eigenvalue weighted by atomic mass is 32.2. The maximum atomic E-state index is 12.2. The zero-order valence-corrected chi connectivity index (χ0v) is 16.9. The molecule has 29 heavy (non-hydrogen) atoms. The molecule has 2 aromatic rings. The quantitative estimate of drug-likeness (QED) is 0.688. The summed E-state index contributed by atoms with van der Waals surface area (Å²) in [7, 11) is -2.08. The van der Waals surface area contributed by atoms with E-state index in [1.165, 1.54) is 24.3 Å². The van der Waals surface area contributed by atoms with Crippen LogP contribution in [0, 0.1) is 5.92 Å². The lowest BCUT2D eigenvalue weighted by Gasteiger charge is -2.15. The zero-order chi connectivity index (χ0) is 21.0. The second-order valence-corrected chi connectivity index (χ2v) is 8.47. The molecule has 1 heterocycles. The van der Waals surface area contributed by atoms with Gasteiger partial charge in [0, 0.05) is 5.56 Å². The van der Waals surface area contributed by atoms with E-state index in [0.717, 1.165) is 10.1 Å². The summed E-state index contributed by atoms with van der Waals surface area (Å²) < 4.78 is 35.7. The molecule has 154 valence electrons. The SMILES string of the molecule is COc1ccc(OCCNC(=O)c2ccc(N3C(=O)C(C)CS3(=O)=O)cc2)cc1. The van der Waals surface area contributed by atoms with E-state index < -0.39 is 21.8 Å². The summed E-state index contributed by atoms with van der Waals surface area (Å²) >= 11 is 0. The van der Waals surface area contributed by atoms with Crippen molar-refractivity contribution in [3.05, 3.63) is 54.1 Å². The van der Waals surface area contributed by atoms with Gasteiger partial charge in [-0.15, -0.1) is 0 Å². The molecule has 3 rings (SSSR count). The second kappa shape index (κ2) is 8.52. The van der Waals surface area contributed by atoms with Gasteiger partial charge >= 0.3 is 0 Å². The van der Waals surface area contributed by atoms with Gasteiger partial charge in [-0.1, -0.05) is 6.92 Å². The van der Waals surface area contributed by atoms with E-state index in [1.54, 1.807) is 38.3 Å². The number of anilines is 1. The Hall–Kier alpha value is -3.07. The summed E-state index contributed by atoms with van der Waals surface area (Å²) in [5.74, 6) is -0.171. The predicted octanol–water partition coefficient (Wildman–Crippen LogP) is 1.82. The number of rotatable bonds is 7. The van der Waals surface area contributed by atoms with Crippen LogP contribution in [0.15, 0.2) is 48.5 Å². The average Bonchev–Trinajstić information content (AvgIpc) is 2.92. The Labute approximate surface area is 169 Å². The van der Waals surface area contributed by atoms with E-state index in [0.29, 0.717) is 17.9 Å². The van der Waals surface area contributed by atoms with Gasteiger partial charge in [0.1, 0.15) is 18.1 Å². The van der Waals surface area contributed by atoms with Crippen molar-refractivity contribution in [3.8, 4) is 11.5 Å². The van der Waals surface area contributed by atoms with Crippen molar-refractivity contribution in [2.45, 2.75) is 6.92 Å². The third-order valence-corrected chi connectivity index (χ3v) is 6.31. The third kappa shape index (κ3) is 4.68. The molecule has 1 fully saturated rings. The number of carbonyl (C=O) groups excluding carboxylic acids is 2. The van der Waals surface area contributed by atoms with Crippen LogP contribution >= 0.6 is 0 Å². The molecule has 1 N–H and O–H groups in total. The predicted molar refractivity (Wildman–Crippen MR) is 108 cm³/mol. The van der Waals surface area contributed by atoms with Gasteiger partial charge in [-0.3, -0.25) is 9.59 Å². The van der Waals surface area contributed by atoms with Crippen molar-refractivity contribution in [2.24, 2.45) is 5.92 Å². The molecular formula is C20H22N2O6S. The minimum Gasteiger partial charge on any atom is -0.497 e. The topological polar surface area (TPSA) is 102 Å². The standard InChI is InChI=1S/C20H22N2O6S/c1-14-13-29(25,26)22(20(14)24)16-5-3-15(4-6-16)19(23)21-11-12-28-18-9-7-17(27-2)8-10-18/h3-10,14H,11-13H2,1-2H3,(H,21,23). The fourth-order valence-corrected chi connectivity index (χ4v) is 4.76. The van der Waals surface area contributed by atoms with Crippen molar-refractivity contribution in [2.75, 3.05) is 30.3 Å². The smallest absolute Gasteiger partial charge is 0.251 e. The molecule has 8 nitrogen and oxygen atoms in total. The maximum Gasteiger partial charge on any atom is 0.251 e. The Bertz CT molecular complexity index is 987. The minimum atomic E-state index is -3.66. The van der Waals surface area contributed by atoms with Gasteiger partial charge in [-0.25, -0.2) is 12.7 Å². The molecule has 0 aromatic heterocycles. The lowest BCUT2D eigenvalue weighted by Crippen LogP contribution is -2.30. The van der Waals surface area contributed by atoms with E-state index in [2.05, 4.69) is 5.32 Å². The molecule has 9 heteroatoms. The van der Waals surface area contributed by atoms with Gasteiger partial charge in [0.2, 0.25) is 15.9 Å². The number of sulfonamides is 1. The summed E-state index contributed by atoms with van der Waals surface area (Å²) in [6.45, 7) is 2.16. The van der Waals surface area contributed by atoms with Crippen molar-refractivity contribution < 1.29 is 27.5 Å². The maximum absolute atomic E-state index is 12.2. The van der Waals surface area contributed by atoms with E-state index in [9.17, 15) is 18.0 Å². The molecule has 1 aliphatic heterocycles. The molecule has 1 atom stereocenters. The van der Waals surface area contributed by atoms with Crippen LogP contribution in [-0.2, 0) is 14.8 Å². The van der Waals surface area contributed by atoms with Crippen LogP contribution in [0.5, 0.6) is 11.5 Å². The van der Waals surface area contributed by atoms with E-state index in [1.807, 2.05) is 0 Å². The van der Waals surface area contributed by atoms with Crippen LogP contribution in [0.3, 0.4) is 0 Å². The number of amides is 2. The van der Waals surface area contributed by atoms with Gasteiger partial charge in [-0.05, 0) is 48.5 Å². The molecular weight excluding hydrogens is 396 g/mol. The Balaban J connectivity index is 1.53. The largest absolute Gasteiger partial charge is 0.497 e. The van der Waals surface area contributed by atoms with Crippen molar-refractivity contribution in [3.63, 3.8) is 0 Å². The molecule has 0 spiro atoms. The van der Waals surface area contributed by atoms with Crippen LogP contribution in [0.25, 0.3) is 0 Å². The summed E-state index contributed by atoms with van der Waals surface area (Å²) in [6, 6.07) is 13.0. The number of methoxy groups -OCH3 is 1. The van der Waals surface area contributed by atoms with Crippen molar-refractivity contribution >= 4 is 27.5 Å². The van der Waals surface area contributed by atoms with Crippen LogP contribution < -0.4 is 19.1 Å². The minimum absolute atomic E-state index is 0.206. The highest BCUT2D eigenvalue weighted by molar-refractivity contribution is 7.94. The van der Waals surface area contributed by atoms with Crippen LogP contribution in [-0.4, -0.2) is 46.2 Å². The Morgan fingerprint density at radius 1 is 1.10 bits per heavy atom. The second-order valence-electron chi connectivity index (χ2n) is 6.61. The van der Waals surface area contributed by atoms with E-state index >= 15 is 0 Å². The molecule has 0 saturated carbocycles. The Kier molecular flexibility index (Phi) is 6.07. The number of hydrogen-bond acceptors (Lipinski definition) is 6. The van der Waals surface area contributed by atoms with E-state index in [4.69, 9.17) is 9.47 Å². The Morgan fingerprint density at radius 3 is 2.28 bits per heavy atom. The molecule has 1 aliphatic rings. The highest BCUT2D eigenvalue weighted by Gasteiger charge is 2.41. The Morgan fingerprint density at radius 2 is 1.72 bits per heavy atom. The fourth-order valence-electron chi connectivity index (χ4n) is 2.94. The molecule has 1 saturated heterocycles. The summed E-state index contributed by atoms with van der Waals surface area (Å²) in [6.07, 6.45) is 0. The van der Waals surface area contributed by atoms with Crippen LogP contribution in [0.1, 0.15) is 17.3 Å². The van der Waals surface area contributed by atoms with Crippen molar-refractivity contribution in [1.82, 2.24) is 5.32 Å². The van der Waals surface area contributed by atoms with Gasteiger partial charge in [0.15, 0.2) is 0 Å². The number of ether oxygens (including phenoxy) is 2. The first kappa shape index (κ1) is 20.7. The van der Waals surface area contributed by atoms with Gasteiger partial charge in [0.05, 0.1) is 31.0 Å². The molecule has 0 radical (unpaired) electrons. The van der Waals surface area contributed by atoms with E-state index in [-0.39, 0.29) is 24.0 Å². The first-order chi connectivity index (χ1) is 13.8. The van der Waals surface area contributed by atoms with Gasteiger partial charge < -0.3 is 14.8 Å². The zero-order valence-electron chi connectivity index (χ0n) is 16.1. The monoisotopic (exact) mass is 418 g/mol. The lowest BCUT2D eigenvalue weighted by molar-refractivity contribution is -0.119. The fraction of sp³-hybridized carbons (Fsp3) is 0.300. The van der Waals surface area contributed by atoms with Gasteiger partial charge in [-0.2, -0.15) is 0 Å². The van der Waals surface area contributed by atoms with Crippen LogP contribution in [0.2, 0.25) is 0 Å². The molecule has 2 aromatic carbocycles. The number of carbonyl (C=O) groups is 2. The third-order valence-electron chi connectivity index (χ3n) is 4.44. The summed E-state index contributed by atoms with van der Waals surface area (Å²) in [5, 5.41) is 2.73. The first-order valence-corrected chi connectivity index (χ1v) is 10.6. The highest BCUT2D eigenvalue weighted by Crippen LogP contribution is 2.28.